The van der Waals surface area contributed by atoms with Crippen molar-refractivity contribution in [3.05, 3.63) is 48.0 Å². The number of aryl methyl sites for hydroxylation is 1. The van der Waals surface area contributed by atoms with E-state index in [0.29, 0.717) is 12.6 Å². The Kier molecular flexibility index (Phi) is 5.87. The Bertz CT molecular complexity index is 791. The third-order valence-electron chi connectivity index (χ3n) is 5.45. The maximum absolute atomic E-state index is 6.11. The van der Waals surface area contributed by atoms with Gasteiger partial charge in [0.15, 0.2) is 5.96 Å². The molecule has 0 aliphatic carbocycles. The normalized spacial score (nSPS) is 23.1. The third kappa shape index (κ3) is 4.18. The molecule has 2 fully saturated rings. The largest absolute Gasteiger partial charge is 0.373 e. The van der Waals surface area contributed by atoms with Gasteiger partial charge in [-0.1, -0.05) is 30.3 Å². The molecule has 2 atom stereocenters. The molecular weight excluding hydrogens is 354 g/mol. The van der Waals surface area contributed by atoms with Crippen LogP contribution < -0.4 is 5.32 Å². The average molecular weight is 384 g/mol. The first-order chi connectivity index (χ1) is 13.7. The van der Waals surface area contributed by atoms with Crippen LogP contribution in [0, 0.1) is 0 Å². The average Bonchev–Trinajstić information content (AvgIpc) is 3.33. The Balaban J connectivity index is 1.45. The lowest BCUT2D eigenvalue weighted by atomic mass is 10.1. The fourth-order valence-corrected chi connectivity index (χ4v) is 3.98. The Morgan fingerprint density at radius 3 is 2.89 bits per heavy atom. The van der Waals surface area contributed by atoms with Crippen molar-refractivity contribution in [1.29, 1.82) is 0 Å². The summed E-state index contributed by atoms with van der Waals surface area (Å²) < 4.78 is 7.87. The number of rotatable bonds is 5. The second kappa shape index (κ2) is 8.70. The Labute approximate surface area is 166 Å². The van der Waals surface area contributed by atoms with Crippen molar-refractivity contribution in [3.63, 3.8) is 0 Å². The van der Waals surface area contributed by atoms with E-state index in [1.54, 1.807) is 11.0 Å². The number of ether oxygens (including phenoxy) is 1. The lowest BCUT2D eigenvalue weighted by Crippen LogP contribution is -2.50. The first kappa shape index (κ1) is 18.9. The number of fused-ring (bicyclic) bond motifs is 1. The molecule has 2 aliphatic rings. The van der Waals surface area contributed by atoms with Crippen LogP contribution in [0.25, 0.3) is 0 Å². The van der Waals surface area contributed by atoms with Gasteiger partial charge in [0, 0.05) is 39.8 Å². The highest BCUT2D eigenvalue weighted by Crippen LogP contribution is 2.24. The van der Waals surface area contributed by atoms with E-state index in [4.69, 9.17) is 9.73 Å². The molecule has 1 aromatic carbocycles. The highest BCUT2D eigenvalue weighted by molar-refractivity contribution is 5.80. The monoisotopic (exact) mass is 383 g/mol. The second-order valence-corrected chi connectivity index (χ2v) is 7.31. The van der Waals surface area contributed by atoms with Gasteiger partial charge < -0.3 is 15.0 Å². The van der Waals surface area contributed by atoms with Gasteiger partial charge in [-0.2, -0.15) is 5.10 Å². The highest BCUT2D eigenvalue weighted by atomic mass is 16.5. The molecule has 2 aliphatic heterocycles. The molecule has 0 spiro atoms. The van der Waals surface area contributed by atoms with Gasteiger partial charge in [-0.05, 0) is 12.5 Å². The van der Waals surface area contributed by atoms with Crippen molar-refractivity contribution >= 4 is 5.96 Å². The van der Waals surface area contributed by atoms with Crippen LogP contribution in [-0.4, -0.2) is 75.5 Å². The lowest BCUT2D eigenvalue weighted by molar-refractivity contribution is -0.0502. The molecule has 2 unspecified atom stereocenters. The number of nitrogens with zero attached hydrogens (tertiary/aromatic N) is 6. The van der Waals surface area contributed by atoms with Crippen molar-refractivity contribution in [3.8, 4) is 0 Å². The van der Waals surface area contributed by atoms with Crippen LogP contribution in [0.2, 0.25) is 0 Å². The van der Waals surface area contributed by atoms with Crippen LogP contribution in [-0.2, 0) is 24.9 Å². The minimum atomic E-state index is 0.219. The molecule has 28 heavy (non-hydrogen) atoms. The van der Waals surface area contributed by atoms with E-state index < -0.39 is 0 Å². The number of benzene rings is 1. The van der Waals surface area contributed by atoms with E-state index in [1.807, 2.05) is 7.05 Å². The summed E-state index contributed by atoms with van der Waals surface area (Å²) in [4.78, 5) is 13.9. The molecule has 0 bridgehead atoms. The zero-order valence-electron chi connectivity index (χ0n) is 16.7. The predicted molar refractivity (Wildman–Crippen MR) is 108 cm³/mol. The number of morpholine rings is 1. The van der Waals surface area contributed by atoms with E-state index in [1.165, 1.54) is 5.56 Å². The van der Waals surface area contributed by atoms with Gasteiger partial charge >= 0.3 is 0 Å². The molecule has 1 aromatic heterocycles. The van der Waals surface area contributed by atoms with E-state index in [2.05, 4.69) is 62.5 Å². The number of likely N-dealkylation sites (tertiary alicyclic amines) is 1. The summed E-state index contributed by atoms with van der Waals surface area (Å²) in [5.41, 5.74) is 1.35. The number of nitrogens with one attached hydrogen (secondary N) is 1. The topological polar surface area (TPSA) is 70.8 Å². The van der Waals surface area contributed by atoms with Crippen molar-refractivity contribution < 1.29 is 4.74 Å². The lowest BCUT2D eigenvalue weighted by Gasteiger charge is -2.36. The summed E-state index contributed by atoms with van der Waals surface area (Å²) in [6, 6.07) is 11.1. The fraction of sp³-hybridized carbons (Fsp3) is 0.550. The summed E-state index contributed by atoms with van der Waals surface area (Å²) in [6.07, 6.45) is 1.79. The number of aromatic nitrogens is 3. The summed E-state index contributed by atoms with van der Waals surface area (Å²) in [7, 11) is 1.89. The quantitative estimate of drug-likeness (QED) is 0.610. The van der Waals surface area contributed by atoms with Crippen molar-refractivity contribution in [2.24, 2.45) is 12.0 Å². The fourth-order valence-electron chi connectivity index (χ4n) is 3.98. The Hall–Kier alpha value is -2.45. The first-order valence-electron chi connectivity index (χ1n) is 10.0. The van der Waals surface area contributed by atoms with E-state index in [9.17, 15) is 0 Å². The van der Waals surface area contributed by atoms with Crippen molar-refractivity contribution in [1.82, 2.24) is 29.9 Å². The molecule has 4 rings (SSSR count). The second-order valence-electron chi connectivity index (χ2n) is 7.31. The molecule has 1 N–H and O–H groups in total. The zero-order valence-corrected chi connectivity index (χ0v) is 16.7. The minimum Gasteiger partial charge on any atom is -0.373 e. The first-order valence-corrected chi connectivity index (χ1v) is 10.0. The molecule has 2 saturated heterocycles. The summed E-state index contributed by atoms with van der Waals surface area (Å²) in [5.74, 6) is 1.78. The van der Waals surface area contributed by atoms with Gasteiger partial charge in [-0.3, -0.25) is 9.58 Å². The number of aliphatic imine (C=N–C) groups is 1. The SMILES string of the molecule is CCNC(=NCc1ncnn1C)N1CC2OCCN(Cc3ccccc3)C2C1. The van der Waals surface area contributed by atoms with Crippen LogP contribution in [0.5, 0.6) is 0 Å². The van der Waals surface area contributed by atoms with E-state index in [-0.39, 0.29) is 6.10 Å². The molecule has 8 heteroatoms. The van der Waals surface area contributed by atoms with Gasteiger partial charge in [0.25, 0.3) is 0 Å². The van der Waals surface area contributed by atoms with Gasteiger partial charge in [-0.15, -0.1) is 0 Å². The molecule has 3 heterocycles. The molecule has 2 aromatic rings. The van der Waals surface area contributed by atoms with Crippen LogP contribution >= 0.6 is 0 Å². The number of hydrogen-bond acceptors (Lipinski definition) is 5. The molecule has 0 amide bonds. The maximum atomic E-state index is 6.11. The van der Waals surface area contributed by atoms with Crippen LogP contribution in [0.4, 0.5) is 0 Å². The maximum Gasteiger partial charge on any atom is 0.194 e. The van der Waals surface area contributed by atoms with Crippen molar-refractivity contribution in [2.45, 2.75) is 32.2 Å². The summed E-state index contributed by atoms with van der Waals surface area (Å²) in [5, 5.41) is 7.55. The van der Waals surface area contributed by atoms with Gasteiger partial charge in [0.1, 0.15) is 18.7 Å². The third-order valence-corrected chi connectivity index (χ3v) is 5.45. The predicted octanol–water partition coefficient (Wildman–Crippen LogP) is 0.866. The van der Waals surface area contributed by atoms with Crippen LogP contribution in [0.15, 0.2) is 41.7 Å². The highest BCUT2D eigenvalue weighted by Gasteiger charge is 2.41. The molecule has 0 radical (unpaired) electrons. The van der Waals surface area contributed by atoms with Crippen LogP contribution in [0.1, 0.15) is 18.3 Å². The Morgan fingerprint density at radius 2 is 2.14 bits per heavy atom. The number of guanidine groups is 1. The molecule has 0 saturated carbocycles. The van der Waals surface area contributed by atoms with Crippen LogP contribution in [0.3, 0.4) is 0 Å². The van der Waals surface area contributed by atoms with E-state index >= 15 is 0 Å². The summed E-state index contributed by atoms with van der Waals surface area (Å²) >= 11 is 0. The standard InChI is InChI=1S/C20H29N7O/c1-3-21-20(22-11-19-23-15-24-25(19)2)27-13-17-18(14-27)28-10-9-26(17)12-16-7-5-4-6-8-16/h4-8,15,17-18H,3,9-14H2,1-2H3,(H,21,22). The zero-order chi connectivity index (χ0) is 19.3. The Morgan fingerprint density at radius 1 is 1.29 bits per heavy atom. The number of hydrogen-bond donors (Lipinski definition) is 1. The smallest absolute Gasteiger partial charge is 0.194 e. The minimum absolute atomic E-state index is 0.219. The van der Waals surface area contributed by atoms with Crippen molar-refractivity contribution in [2.75, 3.05) is 32.8 Å². The van der Waals surface area contributed by atoms with Gasteiger partial charge in [0.05, 0.1) is 18.8 Å². The molecular formula is C20H29N7O. The summed E-state index contributed by atoms with van der Waals surface area (Å²) in [6.45, 7) is 7.94. The van der Waals surface area contributed by atoms with E-state index in [0.717, 1.165) is 51.1 Å². The molecule has 150 valence electrons. The van der Waals surface area contributed by atoms with Gasteiger partial charge in [0.2, 0.25) is 0 Å². The molecule has 8 nitrogen and oxygen atoms in total. The van der Waals surface area contributed by atoms with Gasteiger partial charge in [-0.25, -0.2) is 9.98 Å².